The molecular weight excluding hydrogens is 434 g/mol. The van der Waals surface area contributed by atoms with Crippen molar-refractivity contribution in [2.24, 2.45) is 0 Å². The summed E-state index contributed by atoms with van der Waals surface area (Å²) in [4.78, 5) is 34.1. The molecule has 0 spiro atoms. The summed E-state index contributed by atoms with van der Waals surface area (Å²) in [6.45, 7) is 8.24. The molecule has 4 rings (SSSR count). The highest BCUT2D eigenvalue weighted by Gasteiger charge is 2.45. The Morgan fingerprint density at radius 1 is 1.09 bits per heavy atom. The first-order valence-corrected chi connectivity index (χ1v) is 11.7. The Morgan fingerprint density at radius 3 is 2.41 bits per heavy atom. The van der Waals surface area contributed by atoms with E-state index in [4.69, 9.17) is 9.47 Å². The average molecular weight is 466 g/mol. The van der Waals surface area contributed by atoms with E-state index in [1.165, 1.54) is 0 Å². The number of morpholine rings is 1. The molecule has 3 heterocycles. The maximum atomic E-state index is 13.1. The third-order valence-electron chi connectivity index (χ3n) is 6.04. The van der Waals surface area contributed by atoms with Gasteiger partial charge in [-0.15, -0.1) is 0 Å². The largest absolute Gasteiger partial charge is 0.507 e. The molecule has 1 aromatic carbocycles. The van der Waals surface area contributed by atoms with E-state index in [9.17, 15) is 14.7 Å². The van der Waals surface area contributed by atoms with E-state index in [0.29, 0.717) is 31.1 Å². The van der Waals surface area contributed by atoms with Gasteiger partial charge in [-0.3, -0.25) is 19.5 Å². The number of benzene rings is 1. The van der Waals surface area contributed by atoms with Gasteiger partial charge in [0.2, 0.25) is 0 Å². The van der Waals surface area contributed by atoms with Gasteiger partial charge in [-0.05, 0) is 62.2 Å². The van der Waals surface area contributed by atoms with Crippen LogP contribution in [0.1, 0.15) is 37.4 Å². The molecule has 34 heavy (non-hydrogen) atoms. The first-order chi connectivity index (χ1) is 16.5. The lowest BCUT2D eigenvalue weighted by molar-refractivity contribution is -0.140. The van der Waals surface area contributed by atoms with Crippen molar-refractivity contribution in [3.05, 3.63) is 65.5 Å². The minimum Gasteiger partial charge on any atom is -0.507 e. The minimum atomic E-state index is -0.673. The zero-order valence-electron chi connectivity index (χ0n) is 19.6. The molecule has 8 nitrogen and oxygen atoms in total. The van der Waals surface area contributed by atoms with Crippen molar-refractivity contribution in [1.82, 2.24) is 14.8 Å². The van der Waals surface area contributed by atoms with Crippen LogP contribution in [0.5, 0.6) is 5.75 Å². The lowest BCUT2D eigenvalue weighted by Crippen LogP contribution is -2.38. The van der Waals surface area contributed by atoms with Crippen LogP contribution in [0.3, 0.4) is 0 Å². The van der Waals surface area contributed by atoms with Gasteiger partial charge in [-0.25, -0.2) is 0 Å². The van der Waals surface area contributed by atoms with Crippen LogP contribution in [0.15, 0.2) is 54.4 Å². The van der Waals surface area contributed by atoms with Gasteiger partial charge in [0.1, 0.15) is 11.5 Å². The fourth-order valence-corrected chi connectivity index (χ4v) is 4.41. The second-order valence-corrected chi connectivity index (χ2v) is 8.77. The molecule has 2 aliphatic heterocycles. The van der Waals surface area contributed by atoms with E-state index >= 15 is 0 Å². The second-order valence-electron chi connectivity index (χ2n) is 8.77. The summed E-state index contributed by atoms with van der Waals surface area (Å²) in [5.41, 5.74) is 1.29. The number of likely N-dealkylation sites (tertiary alicyclic amines) is 1. The number of aliphatic hydroxyl groups is 1. The number of ether oxygens (including phenoxy) is 2. The van der Waals surface area contributed by atoms with Crippen LogP contribution < -0.4 is 4.74 Å². The first-order valence-electron chi connectivity index (χ1n) is 11.7. The summed E-state index contributed by atoms with van der Waals surface area (Å²) in [5.74, 6) is -0.786. The molecule has 0 aliphatic carbocycles. The molecule has 8 heteroatoms. The normalized spacial score (nSPS) is 20.8. The van der Waals surface area contributed by atoms with E-state index in [2.05, 4.69) is 9.88 Å². The minimum absolute atomic E-state index is 0.0222. The maximum Gasteiger partial charge on any atom is 0.295 e. The zero-order chi connectivity index (χ0) is 24.1. The van der Waals surface area contributed by atoms with Gasteiger partial charge in [-0.2, -0.15) is 0 Å². The average Bonchev–Trinajstić information content (AvgIpc) is 3.10. The van der Waals surface area contributed by atoms with Crippen LogP contribution in [-0.2, 0) is 14.3 Å². The molecule has 1 amide bonds. The van der Waals surface area contributed by atoms with Crippen molar-refractivity contribution in [1.29, 1.82) is 0 Å². The predicted octanol–water partition coefficient (Wildman–Crippen LogP) is 3.01. The first kappa shape index (κ1) is 23.9. The number of hydrogen-bond donors (Lipinski definition) is 1. The summed E-state index contributed by atoms with van der Waals surface area (Å²) < 4.78 is 11.1. The van der Waals surface area contributed by atoms with E-state index < -0.39 is 17.7 Å². The van der Waals surface area contributed by atoms with Crippen LogP contribution >= 0.6 is 0 Å². The van der Waals surface area contributed by atoms with Gasteiger partial charge in [0.15, 0.2) is 0 Å². The number of ketones is 1. The van der Waals surface area contributed by atoms with E-state index in [-0.39, 0.29) is 17.4 Å². The fraction of sp³-hybridized carbons (Fsp3) is 0.423. The molecule has 0 unspecified atom stereocenters. The van der Waals surface area contributed by atoms with Crippen LogP contribution in [0.4, 0.5) is 0 Å². The van der Waals surface area contributed by atoms with Gasteiger partial charge in [-0.1, -0.05) is 0 Å². The molecule has 1 atom stereocenters. The molecule has 2 aromatic rings. The van der Waals surface area contributed by atoms with E-state index in [1.807, 2.05) is 13.8 Å². The summed E-state index contributed by atoms with van der Waals surface area (Å²) in [6, 6.07) is 9.77. The van der Waals surface area contributed by atoms with Crippen molar-refractivity contribution in [3.63, 3.8) is 0 Å². The molecule has 2 saturated heterocycles. The van der Waals surface area contributed by atoms with Gasteiger partial charge < -0.3 is 19.5 Å². The van der Waals surface area contributed by atoms with Crippen LogP contribution in [0.25, 0.3) is 5.76 Å². The highest BCUT2D eigenvalue weighted by Crippen LogP contribution is 2.39. The molecule has 0 saturated carbocycles. The SMILES string of the molecule is CC(C)Oc1ccc(/C(O)=C2\C(=O)C(=O)N(CCCN3CCOCC3)[C@@H]2c2ccncc2)cc1. The van der Waals surface area contributed by atoms with Crippen LogP contribution in [0.2, 0.25) is 0 Å². The number of aromatic nitrogens is 1. The highest BCUT2D eigenvalue weighted by molar-refractivity contribution is 6.46. The Bertz CT molecular complexity index is 1030. The number of nitrogens with zero attached hydrogens (tertiary/aromatic N) is 3. The standard InChI is InChI=1S/C26H31N3O5/c1-18(2)34-21-6-4-20(5-7-21)24(30)22-23(19-8-10-27-11-9-19)29(26(32)25(22)31)13-3-12-28-14-16-33-17-15-28/h4-11,18,23,30H,3,12-17H2,1-2H3/b24-22+/t23-/m1/s1. The Balaban J connectivity index is 1.62. The van der Waals surface area contributed by atoms with Gasteiger partial charge in [0.05, 0.1) is 30.9 Å². The monoisotopic (exact) mass is 465 g/mol. The number of amides is 1. The second kappa shape index (κ2) is 10.8. The molecule has 2 fully saturated rings. The van der Waals surface area contributed by atoms with Gasteiger partial charge in [0.25, 0.3) is 11.7 Å². The Hall–Kier alpha value is -3.23. The Labute approximate surface area is 199 Å². The quantitative estimate of drug-likeness (QED) is 0.364. The van der Waals surface area contributed by atoms with Crippen molar-refractivity contribution in [2.45, 2.75) is 32.4 Å². The number of rotatable bonds is 8. The highest BCUT2D eigenvalue weighted by atomic mass is 16.5. The number of aliphatic hydroxyl groups excluding tert-OH is 1. The summed E-state index contributed by atoms with van der Waals surface area (Å²) in [5, 5.41) is 11.2. The maximum absolute atomic E-state index is 13.1. The smallest absolute Gasteiger partial charge is 0.295 e. The molecule has 1 N–H and O–H groups in total. The topological polar surface area (TPSA) is 92.2 Å². The van der Waals surface area contributed by atoms with E-state index in [0.717, 1.165) is 31.6 Å². The molecule has 1 aromatic heterocycles. The van der Waals surface area contributed by atoms with Crippen molar-refractivity contribution in [3.8, 4) is 5.75 Å². The zero-order valence-corrected chi connectivity index (χ0v) is 19.6. The number of hydrogen-bond acceptors (Lipinski definition) is 7. The number of Topliss-reactive ketones (excluding diaryl/α,β-unsaturated/α-hetero) is 1. The van der Waals surface area contributed by atoms with Gasteiger partial charge in [0, 0.05) is 44.1 Å². The van der Waals surface area contributed by atoms with Crippen LogP contribution in [0, 0.1) is 0 Å². The summed E-state index contributed by atoms with van der Waals surface area (Å²) in [7, 11) is 0. The van der Waals surface area contributed by atoms with Gasteiger partial charge >= 0.3 is 0 Å². The van der Waals surface area contributed by atoms with Crippen molar-refractivity contribution < 1.29 is 24.2 Å². The van der Waals surface area contributed by atoms with Crippen LogP contribution in [-0.4, -0.2) is 77.1 Å². The van der Waals surface area contributed by atoms with Crippen molar-refractivity contribution in [2.75, 3.05) is 39.4 Å². The number of carbonyl (C=O) groups is 2. The third-order valence-corrected chi connectivity index (χ3v) is 6.04. The van der Waals surface area contributed by atoms with E-state index in [1.54, 1.807) is 53.7 Å². The lowest BCUT2D eigenvalue weighted by Gasteiger charge is -2.29. The Morgan fingerprint density at radius 2 is 1.76 bits per heavy atom. The molecule has 180 valence electrons. The lowest BCUT2D eigenvalue weighted by atomic mass is 9.96. The number of pyridine rings is 1. The predicted molar refractivity (Wildman–Crippen MR) is 127 cm³/mol. The Kier molecular flexibility index (Phi) is 7.59. The van der Waals surface area contributed by atoms with Crippen molar-refractivity contribution >= 4 is 17.4 Å². The number of carbonyl (C=O) groups excluding carboxylic acids is 2. The molecule has 0 radical (unpaired) electrons. The molecule has 0 bridgehead atoms. The molecule has 2 aliphatic rings. The summed E-state index contributed by atoms with van der Waals surface area (Å²) in [6.07, 6.45) is 3.99. The third kappa shape index (κ3) is 5.29. The summed E-state index contributed by atoms with van der Waals surface area (Å²) >= 11 is 0. The fourth-order valence-electron chi connectivity index (χ4n) is 4.41. The molecular formula is C26H31N3O5.